The van der Waals surface area contributed by atoms with Gasteiger partial charge in [-0.1, -0.05) is 0 Å². The number of hydrogen-bond donors (Lipinski definition) is 1. The summed E-state index contributed by atoms with van der Waals surface area (Å²) >= 11 is 0. The van der Waals surface area contributed by atoms with Crippen molar-refractivity contribution in [3.05, 3.63) is 47.8 Å². The first-order valence-electron chi connectivity index (χ1n) is 5.85. The Morgan fingerprint density at radius 3 is 2.61 bits per heavy atom. The Bertz CT molecular complexity index is 514. The summed E-state index contributed by atoms with van der Waals surface area (Å²) in [5.41, 5.74) is 2.74. The van der Waals surface area contributed by atoms with Crippen LogP contribution in [0.25, 0.3) is 0 Å². The molecule has 0 bridgehead atoms. The molecule has 0 saturated heterocycles. The lowest BCUT2D eigenvalue weighted by Gasteiger charge is -2.10. The highest BCUT2D eigenvalue weighted by Gasteiger charge is 2.06. The molecule has 2 heterocycles. The van der Waals surface area contributed by atoms with E-state index in [1.807, 2.05) is 0 Å². The molecule has 1 amide bonds. The fraction of sp³-hybridized carbons (Fsp3) is 0.308. The molecule has 2 aromatic heterocycles. The fourth-order valence-corrected chi connectivity index (χ4v) is 1.84. The van der Waals surface area contributed by atoms with Crippen molar-refractivity contribution in [3.8, 4) is 0 Å². The Morgan fingerprint density at radius 2 is 2.00 bits per heavy atom. The zero-order valence-electron chi connectivity index (χ0n) is 10.6. The maximum atomic E-state index is 11.7. The summed E-state index contributed by atoms with van der Waals surface area (Å²) in [5.74, 6) is -0.189. The van der Waals surface area contributed by atoms with E-state index in [1.54, 1.807) is 6.20 Å². The van der Waals surface area contributed by atoms with Gasteiger partial charge in [0, 0.05) is 36.9 Å². The van der Waals surface area contributed by atoms with Gasteiger partial charge >= 0.3 is 0 Å². The van der Waals surface area contributed by atoms with Crippen molar-refractivity contribution >= 4 is 5.91 Å². The van der Waals surface area contributed by atoms with Crippen LogP contribution < -0.4 is 5.32 Å². The van der Waals surface area contributed by atoms with Crippen LogP contribution in [0, 0.1) is 13.8 Å². The predicted molar refractivity (Wildman–Crippen MR) is 68.3 cm³/mol. The number of carbonyl (C=O) groups excluding carboxylic acids is 1. The second-order valence-corrected chi connectivity index (χ2v) is 4.11. The zero-order chi connectivity index (χ0) is 13.0. The van der Waals surface area contributed by atoms with Gasteiger partial charge in [0.05, 0.1) is 6.20 Å². The molecule has 2 rings (SSSR count). The molecule has 0 radical (unpaired) electrons. The molecule has 0 aliphatic heterocycles. The Kier molecular flexibility index (Phi) is 3.72. The van der Waals surface area contributed by atoms with Crippen LogP contribution in [0.4, 0.5) is 0 Å². The molecular formula is C13H16N4O. The maximum absolute atomic E-state index is 11.7. The Hall–Kier alpha value is -2.17. The lowest BCUT2D eigenvalue weighted by molar-refractivity contribution is 0.0946. The molecule has 2 aromatic rings. The van der Waals surface area contributed by atoms with Gasteiger partial charge in [0.2, 0.25) is 0 Å². The van der Waals surface area contributed by atoms with Gasteiger partial charge in [0.15, 0.2) is 0 Å². The number of aryl methyl sites for hydroxylation is 2. The monoisotopic (exact) mass is 244 g/mol. The molecule has 0 aromatic carbocycles. The summed E-state index contributed by atoms with van der Waals surface area (Å²) in [6.07, 6.45) is 4.51. The van der Waals surface area contributed by atoms with Crippen LogP contribution in [0.15, 0.2) is 30.7 Å². The van der Waals surface area contributed by atoms with E-state index in [0.717, 1.165) is 6.54 Å². The van der Waals surface area contributed by atoms with E-state index in [9.17, 15) is 4.79 Å². The van der Waals surface area contributed by atoms with Crippen LogP contribution in [0.5, 0.6) is 0 Å². The lowest BCUT2D eigenvalue weighted by atomic mass is 10.4. The van der Waals surface area contributed by atoms with Crippen LogP contribution in [-0.4, -0.2) is 27.0 Å². The SMILES string of the molecule is Cc1ccc(C)n1CCNC(=O)c1cnccn1. The molecule has 94 valence electrons. The first-order valence-corrected chi connectivity index (χ1v) is 5.85. The van der Waals surface area contributed by atoms with Gasteiger partial charge < -0.3 is 9.88 Å². The van der Waals surface area contributed by atoms with E-state index >= 15 is 0 Å². The van der Waals surface area contributed by atoms with Crippen LogP contribution in [-0.2, 0) is 6.54 Å². The minimum Gasteiger partial charge on any atom is -0.349 e. The van der Waals surface area contributed by atoms with E-state index in [4.69, 9.17) is 0 Å². The highest BCUT2D eigenvalue weighted by molar-refractivity contribution is 5.91. The molecule has 5 nitrogen and oxygen atoms in total. The molecule has 0 aliphatic carbocycles. The van der Waals surface area contributed by atoms with Crippen LogP contribution in [0.2, 0.25) is 0 Å². The third-order valence-corrected chi connectivity index (χ3v) is 2.83. The van der Waals surface area contributed by atoms with E-state index in [1.165, 1.54) is 23.8 Å². The van der Waals surface area contributed by atoms with Gasteiger partial charge in [-0.25, -0.2) is 4.98 Å². The maximum Gasteiger partial charge on any atom is 0.271 e. The Balaban J connectivity index is 1.88. The van der Waals surface area contributed by atoms with Crippen molar-refractivity contribution in [3.63, 3.8) is 0 Å². The van der Waals surface area contributed by atoms with Crippen LogP contribution >= 0.6 is 0 Å². The van der Waals surface area contributed by atoms with Gasteiger partial charge in [0.25, 0.3) is 5.91 Å². The Morgan fingerprint density at radius 1 is 1.28 bits per heavy atom. The molecule has 0 fully saturated rings. The topological polar surface area (TPSA) is 59.8 Å². The number of hydrogen-bond acceptors (Lipinski definition) is 3. The second kappa shape index (κ2) is 5.44. The summed E-state index contributed by atoms with van der Waals surface area (Å²) < 4.78 is 2.16. The van der Waals surface area contributed by atoms with Gasteiger partial charge in [-0.3, -0.25) is 9.78 Å². The van der Waals surface area contributed by atoms with Gasteiger partial charge in [-0.05, 0) is 26.0 Å². The molecule has 18 heavy (non-hydrogen) atoms. The first-order chi connectivity index (χ1) is 8.68. The number of amides is 1. The highest BCUT2D eigenvalue weighted by Crippen LogP contribution is 2.05. The standard InChI is InChI=1S/C13H16N4O/c1-10-3-4-11(2)17(10)8-7-16-13(18)12-9-14-5-6-15-12/h3-6,9H,7-8H2,1-2H3,(H,16,18). The average molecular weight is 244 g/mol. The van der Waals surface area contributed by atoms with E-state index < -0.39 is 0 Å². The summed E-state index contributed by atoms with van der Waals surface area (Å²) in [5, 5.41) is 2.83. The minimum atomic E-state index is -0.189. The number of aromatic nitrogens is 3. The van der Waals surface area contributed by atoms with Crippen molar-refractivity contribution in [2.75, 3.05) is 6.54 Å². The summed E-state index contributed by atoms with van der Waals surface area (Å²) in [4.78, 5) is 19.5. The highest BCUT2D eigenvalue weighted by atomic mass is 16.1. The fourth-order valence-electron chi connectivity index (χ4n) is 1.84. The molecule has 1 N–H and O–H groups in total. The number of carbonyl (C=O) groups is 1. The van der Waals surface area contributed by atoms with Gasteiger partial charge in [0.1, 0.15) is 5.69 Å². The minimum absolute atomic E-state index is 0.189. The first kappa shape index (κ1) is 12.3. The van der Waals surface area contributed by atoms with Crippen molar-refractivity contribution in [1.29, 1.82) is 0 Å². The molecule has 0 saturated carbocycles. The number of nitrogens with one attached hydrogen (secondary N) is 1. The quantitative estimate of drug-likeness (QED) is 0.882. The van der Waals surface area contributed by atoms with Gasteiger partial charge in [-0.15, -0.1) is 0 Å². The smallest absolute Gasteiger partial charge is 0.271 e. The van der Waals surface area contributed by atoms with E-state index in [0.29, 0.717) is 12.2 Å². The third kappa shape index (κ3) is 2.74. The van der Waals surface area contributed by atoms with Crippen LogP contribution in [0.3, 0.4) is 0 Å². The summed E-state index contributed by atoms with van der Waals surface area (Å²) in [6.45, 7) is 5.44. The second-order valence-electron chi connectivity index (χ2n) is 4.11. The molecule has 5 heteroatoms. The molecule has 0 aliphatic rings. The lowest BCUT2D eigenvalue weighted by Crippen LogP contribution is -2.28. The third-order valence-electron chi connectivity index (χ3n) is 2.83. The van der Waals surface area contributed by atoms with Crippen LogP contribution in [0.1, 0.15) is 21.9 Å². The molecule has 0 atom stereocenters. The zero-order valence-corrected chi connectivity index (χ0v) is 10.6. The van der Waals surface area contributed by atoms with Gasteiger partial charge in [-0.2, -0.15) is 0 Å². The van der Waals surface area contributed by atoms with Crippen molar-refractivity contribution in [2.24, 2.45) is 0 Å². The molecule has 0 spiro atoms. The average Bonchev–Trinajstić information content (AvgIpc) is 2.71. The predicted octanol–water partition coefficient (Wildman–Crippen LogP) is 1.32. The number of nitrogens with zero attached hydrogens (tertiary/aromatic N) is 3. The van der Waals surface area contributed by atoms with Crippen molar-refractivity contribution < 1.29 is 4.79 Å². The Labute approximate surface area is 106 Å². The molecular weight excluding hydrogens is 228 g/mol. The van der Waals surface area contributed by atoms with E-state index in [-0.39, 0.29) is 5.91 Å². The van der Waals surface area contributed by atoms with Crippen molar-refractivity contribution in [2.45, 2.75) is 20.4 Å². The molecule has 0 unspecified atom stereocenters. The number of rotatable bonds is 4. The van der Waals surface area contributed by atoms with Crippen molar-refractivity contribution in [1.82, 2.24) is 19.9 Å². The normalized spacial score (nSPS) is 10.3. The largest absolute Gasteiger partial charge is 0.349 e. The summed E-state index contributed by atoms with van der Waals surface area (Å²) in [6, 6.07) is 4.14. The summed E-state index contributed by atoms with van der Waals surface area (Å²) in [7, 11) is 0. The van der Waals surface area contributed by atoms with E-state index in [2.05, 4.69) is 45.8 Å².